The third-order valence-electron chi connectivity index (χ3n) is 4.37. The molecule has 1 atom stereocenters. The third-order valence-corrected chi connectivity index (χ3v) is 4.37. The molecule has 0 radical (unpaired) electrons. The van der Waals surface area contributed by atoms with E-state index in [9.17, 15) is 9.18 Å². The third kappa shape index (κ3) is 3.70. The summed E-state index contributed by atoms with van der Waals surface area (Å²) in [5, 5.41) is 6.84. The molecule has 1 aliphatic rings. The Bertz CT molecular complexity index is 938. The van der Waals surface area contributed by atoms with Gasteiger partial charge in [-0.05, 0) is 42.8 Å². The minimum absolute atomic E-state index is 0.304. The summed E-state index contributed by atoms with van der Waals surface area (Å²) in [5.74, 6) is 0.212. The van der Waals surface area contributed by atoms with Crippen molar-refractivity contribution in [3.05, 3.63) is 66.1 Å². The standard InChI is InChI=1S/C19H19FN4O3/c1-13-10-21-24(11-13)16-5-4-14(9-15(16)20)22-19(25)23-6-8-27-18(12-23)17-3-2-7-26-17/h2-5,7,9-11,18H,6,8,12H2,1H3,(H,22,25). The van der Waals surface area contributed by atoms with Gasteiger partial charge in [0.15, 0.2) is 5.82 Å². The van der Waals surface area contributed by atoms with Crippen molar-refractivity contribution in [3.63, 3.8) is 0 Å². The number of nitrogens with one attached hydrogen (secondary N) is 1. The summed E-state index contributed by atoms with van der Waals surface area (Å²) in [6.07, 6.45) is 4.66. The molecule has 1 aromatic carbocycles. The van der Waals surface area contributed by atoms with Crippen molar-refractivity contribution in [2.75, 3.05) is 25.0 Å². The van der Waals surface area contributed by atoms with E-state index < -0.39 is 5.82 Å². The molecule has 4 rings (SSSR count). The molecule has 0 saturated carbocycles. The largest absolute Gasteiger partial charge is 0.467 e. The Morgan fingerprint density at radius 3 is 2.96 bits per heavy atom. The van der Waals surface area contributed by atoms with Crippen LogP contribution in [-0.4, -0.2) is 40.4 Å². The molecule has 2 aromatic heterocycles. The number of anilines is 1. The number of aromatic nitrogens is 2. The van der Waals surface area contributed by atoms with Gasteiger partial charge in [0.05, 0.1) is 25.6 Å². The van der Waals surface area contributed by atoms with E-state index >= 15 is 0 Å². The molecule has 2 amide bonds. The highest BCUT2D eigenvalue weighted by molar-refractivity contribution is 5.89. The second kappa shape index (κ2) is 7.24. The maximum Gasteiger partial charge on any atom is 0.322 e. The van der Waals surface area contributed by atoms with Crippen LogP contribution in [0, 0.1) is 12.7 Å². The summed E-state index contributed by atoms with van der Waals surface area (Å²) in [4.78, 5) is 14.2. The number of urea groups is 1. The van der Waals surface area contributed by atoms with E-state index in [-0.39, 0.29) is 12.1 Å². The van der Waals surface area contributed by atoms with Crippen molar-refractivity contribution in [2.45, 2.75) is 13.0 Å². The lowest BCUT2D eigenvalue weighted by Crippen LogP contribution is -2.44. The highest BCUT2D eigenvalue weighted by atomic mass is 19.1. The van der Waals surface area contributed by atoms with Crippen molar-refractivity contribution in [1.82, 2.24) is 14.7 Å². The number of morpholine rings is 1. The first-order chi connectivity index (χ1) is 13.1. The molecule has 1 N–H and O–H groups in total. The summed E-state index contributed by atoms with van der Waals surface area (Å²) in [6.45, 7) is 3.11. The number of benzene rings is 1. The first kappa shape index (κ1) is 17.3. The number of halogens is 1. The van der Waals surface area contributed by atoms with Gasteiger partial charge in [-0.2, -0.15) is 5.10 Å². The minimum atomic E-state index is -0.466. The molecule has 1 saturated heterocycles. The molecular formula is C19H19FN4O3. The molecule has 0 spiro atoms. The fourth-order valence-corrected chi connectivity index (χ4v) is 3.00. The molecule has 0 bridgehead atoms. The number of nitrogens with zero attached hydrogens (tertiary/aromatic N) is 3. The minimum Gasteiger partial charge on any atom is -0.467 e. The van der Waals surface area contributed by atoms with Crippen molar-refractivity contribution < 1.29 is 18.3 Å². The summed E-state index contributed by atoms with van der Waals surface area (Å²) >= 11 is 0. The van der Waals surface area contributed by atoms with Crippen molar-refractivity contribution in [1.29, 1.82) is 0 Å². The van der Waals surface area contributed by atoms with Crippen LogP contribution in [-0.2, 0) is 4.74 Å². The van der Waals surface area contributed by atoms with Gasteiger partial charge >= 0.3 is 6.03 Å². The van der Waals surface area contributed by atoms with Gasteiger partial charge in [-0.15, -0.1) is 0 Å². The summed E-state index contributed by atoms with van der Waals surface area (Å²) < 4.78 is 26.9. The van der Waals surface area contributed by atoms with E-state index in [2.05, 4.69) is 10.4 Å². The Morgan fingerprint density at radius 2 is 2.26 bits per heavy atom. The smallest absolute Gasteiger partial charge is 0.322 e. The van der Waals surface area contributed by atoms with Gasteiger partial charge in [0.2, 0.25) is 0 Å². The molecule has 1 aliphatic heterocycles. The number of aryl methyl sites for hydroxylation is 1. The van der Waals surface area contributed by atoms with Crippen LogP contribution in [0.5, 0.6) is 0 Å². The molecular weight excluding hydrogens is 351 g/mol. The number of hydrogen-bond donors (Lipinski definition) is 1. The number of ether oxygens (including phenoxy) is 1. The summed E-state index contributed by atoms with van der Waals surface area (Å²) in [5.41, 5.74) is 1.64. The van der Waals surface area contributed by atoms with E-state index in [1.165, 1.54) is 10.7 Å². The first-order valence-corrected chi connectivity index (χ1v) is 8.62. The zero-order valence-electron chi connectivity index (χ0n) is 14.8. The van der Waals surface area contributed by atoms with Crippen LogP contribution >= 0.6 is 0 Å². The van der Waals surface area contributed by atoms with E-state index in [0.29, 0.717) is 36.8 Å². The van der Waals surface area contributed by atoms with Crippen LogP contribution in [0.3, 0.4) is 0 Å². The fourth-order valence-electron chi connectivity index (χ4n) is 3.00. The molecule has 7 nitrogen and oxygen atoms in total. The normalized spacial score (nSPS) is 17.1. The first-order valence-electron chi connectivity index (χ1n) is 8.62. The van der Waals surface area contributed by atoms with Crippen LogP contribution in [0.1, 0.15) is 17.4 Å². The predicted molar refractivity (Wildman–Crippen MR) is 96.3 cm³/mol. The van der Waals surface area contributed by atoms with Crippen LogP contribution in [0.15, 0.2) is 53.4 Å². The Kier molecular flexibility index (Phi) is 4.64. The Balaban J connectivity index is 1.44. The number of carbonyl (C=O) groups excluding carboxylic acids is 1. The van der Waals surface area contributed by atoms with Gasteiger partial charge in [0.1, 0.15) is 17.6 Å². The van der Waals surface area contributed by atoms with E-state index in [1.807, 2.05) is 13.0 Å². The van der Waals surface area contributed by atoms with Crippen LogP contribution in [0.25, 0.3) is 5.69 Å². The lowest BCUT2D eigenvalue weighted by atomic mass is 10.2. The molecule has 8 heteroatoms. The highest BCUT2D eigenvalue weighted by Gasteiger charge is 2.27. The van der Waals surface area contributed by atoms with Gasteiger partial charge in [0, 0.05) is 18.4 Å². The zero-order chi connectivity index (χ0) is 18.8. The molecule has 1 fully saturated rings. The Labute approximate surface area is 155 Å². The Hall–Kier alpha value is -3.13. The predicted octanol–water partition coefficient (Wildman–Crippen LogP) is 3.52. The molecule has 27 heavy (non-hydrogen) atoms. The summed E-state index contributed by atoms with van der Waals surface area (Å²) in [6, 6.07) is 7.81. The molecule has 1 unspecified atom stereocenters. The van der Waals surface area contributed by atoms with Crippen molar-refractivity contribution in [2.24, 2.45) is 0 Å². The Morgan fingerprint density at radius 1 is 1.37 bits per heavy atom. The number of rotatable bonds is 3. The van der Waals surface area contributed by atoms with E-state index in [0.717, 1.165) is 5.56 Å². The van der Waals surface area contributed by atoms with Crippen LogP contribution in [0.4, 0.5) is 14.9 Å². The van der Waals surface area contributed by atoms with E-state index in [1.54, 1.807) is 41.8 Å². The van der Waals surface area contributed by atoms with Gasteiger partial charge in [0.25, 0.3) is 0 Å². The quantitative estimate of drug-likeness (QED) is 0.766. The highest BCUT2D eigenvalue weighted by Crippen LogP contribution is 2.24. The molecule has 3 heterocycles. The molecule has 3 aromatic rings. The van der Waals surface area contributed by atoms with Gasteiger partial charge < -0.3 is 19.4 Å². The van der Waals surface area contributed by atoms with Crippen LogP contribution < -0.4 is 5.32 Å². The topological polar surface area (TPSA) is 72.5 Å². The maximum absolute atomic E-state index is 14.4. The SMILES string of the molecule is Cc1cnn(-c2ccc(NC(=O)N3CCOC(c4ccco4)C3)cc2F)c1. The molecule has 140 valence electrons. The second-order valence-corrected chi connectivity index (χ2v) is 6.38. The number of carbonyl (C=O) groups is 1. The second-order valence-electron chi connectivity index (χ2n) is 6.38. The van der Waals surface area contributed by atoms with Crippen molar-refractivity contribution >= 4 is 11.7 Å². The summed E-state index contributed by atoms with van der Waals surface area (Å²) in [7, 11) is 0. The van der Waals surface area contributed by atoms with Gasteiger partial charge in [-0.25, -0.2) is 13.9 Å². The molecule has 0 aliphatic carbocycles. The monoisotopic (exact) mass is 370 g/mol. The van der Waals surface area contributed by atoms with Gasteiger partial charge in [-0.3, -0.25) is 0 Å². The van der Waals surface area contributed by atoms with Crippen LogP contribution in [0.2, 0.25) is 0 Å². The number of furan rings is 1. The average molecular weight is 370 g/mol. The average Bonchev–Trinajstić information content (AvgIpc) is 3.34. The lowest BCUT2D eigenvalue weighted by Gasteiger charge is -2.32. The maximum atomic E-state index is 14.4. The lowest BCUT2D eigenvalue weighted by molar-refractivity contribution is -0.0242. The number of amides is 2. The number of hydrogen-bond acceptors (Lipinski definition) is 4. The van der Waals surface area contributed by atoms with Gasteiger partial charge in [-0.1, -0.05) is 0 Å². The van der Waals surface area contributed by atoms with Crippen molar-refractivity contribution in [3.8, 4) is 5.69 Å². The van der Waals surface area contributed by atoms with E-state index in [4.69, 9.17) is 9.15 Å². The zero-order valence-corrected chi connectivity index (χ0v) is 14.8. The fraction of sp³-hybridized carbons (Fsp3) is 0.263.